The van der Waals surface area contributed by atoms with Gasteiger partial charge in [0.1, 0.15) is 0 Å². The summed E-state index contributed by atoms with van der Waals surface area (Å²) in [6.07, 6.45) is 3.52. The lowest BCUT2D eigenvalue weighted by Crippen LogP contribution is -2.33. The highest BCUT2D eigenvalue weighted by Crippen LogP contribution is 2.20. The van der Waals surface area contributed by atoms with Gasteiger partial charge in [0, 0.05) is 18.3 Å². The van der Waals surface area contributed by atoms with Gasteiger partial charge in [0.25, 0.3) is 0 Å². The Bertz CT molecular complexity index is 379. The SMILES string of the molecule is CCCCN(c1cccc(C#N)c1)C(C)CC. The molecule has 0 aliphatic heterocycles. The minimum atomic E-state index is 0.524. The predicted molar refractivity (Wildman–Crippen MR) is 73.2 cm³/mol. The first kappa shape index (κ1) is 13.6. The molecule has 0 aliphatic carbocycles. The van der Waals surface area contributed by atoms with Crippen LogP contribution in [0.15, 0.2) is 24.3 Å². The van der Waals surface area contributed by atoms with Crippen molar-refractivity contribution < 1.29 is 0 Å². The van der Waals surface area contributed by atoms with Gasteiger partial charge in [-0.1, -0.05) is 26.3 Å². The van der Waals surface area contributed by atoms with Gasteiger partial charge in [0.2, 0.25) is 0 Å². The van der Waals surface area contributed by atoms with Crippen LogP contribution in [0.25, 0.3) is 0 Å². The highest BCUT2D eigenvalue weighted by atomic mass is 15.2. The van der Waals surface area contributed by atoms with Crippen LogP contribution < -0.4 is 4.90 Å². The van der Waals surface area contributed by atoms with E-state index in [0.717, 1.165) is 18.5 Å². The summed E-state index contributed by atoms with van der Waals surface area (Å²) in [6, 6.07) is 10.6. The van der Waals surface area contributed by atoms with Crippen LogP contribution >= 0.6 is 0 Å². The summed E-state index contributed by atoms with van der Waals surface area (Å²) in [5, 5.41) is 8.95. The van der Waals surface area contributed by atoms with E-state index in [1.165, 1.54) is 18.5 Å². The van der Waals surface area contributed by atoms with Crippen molar-refractivity contribution in [3.63, 3.8) is 0 Å². The van der Waals surface area contributed by atoms with E-state index in [0.29, 0.717) is 6.04 Å². The molecular weight excluding hydrogens is 208 g/mol. The smallest absolute Gasteiger partial charge is 0.0992 e. The Morgan fingerprint density at radius 2 is 2.12 bits per heavy atom. The molecule has 0 fully saturated rings. The van der Waals surface area contributed by atoms with Gasteiger partial charge in [-0.2, -0.15) is 5.26 Å². The Hall–Kier alpha value is -1.49. The van der Waals surface area contributed by atoms with E-state index in [-0.39, 0.29) is 0 Å². The van der Waals surface area contributed by atoms with Crippen molar-refractivity contribution in [2.75, 3.05) is 11.4 Å². The summed E-state index contributed by atoms with van der Waals surface area (Å²) < 4.78 is 0. The Kier molecular flexibility index (Phi) is 5.56. The Morgan fingerprint density at radius 1 is 1.35 bits per heavy atom. The van der Waals surface area contributed by atoms with Crippen molar-refractivity contribution in [1.29, 1.82) is 5.26 Å². The summed E-state index contributed by atoms with van der Waals surface area (Å²) in [6.45, 7) is 7.73. The van der Waals surface area contributed by atoms with Gasteiger partial charge in [0.05, 0.1) is 11.6 Å². The molecule has 0 heterocycles. The fraction of sp³-hybridized carbons (Fsp3) is 0.533. The van der Waals surface area contributed by atoms with Gasteiger partial charge >= 0.3 is 0 Å². The number of anilines is 1. The van der Waals surface area contributed by atoms with E-state index < -0.39 is 0 Å². The molecule has 0 amide bonds. The Labute approximate surface area is 105 Å². The Morgan fingerprint density at radius 3 is 2.71 bits per heavy atom. The summed E-state index contributed by atoms with van der Waals surface area (Å²) in [4.78, 5) is 2.41. The van der Waals surface area contributed by atoms with Crippen molar-refractivity contribution in [2.45, 2.75) is 46.1 Å². The average Bonchev–Trinajstić information content (AvgIpc) is 2.39. The zero-order chi connectivity index (χ0) is 12.7. The van der Waals surface area contributed by atoms with Crippen LogP contribution in [0.2, 0.25) is 0 Å². The van der Waals surface area contributed by atoms with Crippen molar-refractivity contribution in [1.82, 2.24) is 0 Å². The van der Waals surface area contributed by atoms with Crippen molar-refractivity contribution in [2.24, 2.45) is 0 Å². The molecule has 0 aliphatic rings. The first-order valence-electron chi connectivity index (χ1n) is 6.49. The number of unbranched alkanes of at least 4 members (excludes halogenated alkanes) is 1. The molecule has 1 aromatic rings. The molecule has 2 heteroatoms. The van der Waals surface area contributed by atoms with Gasteiger partial charge in [-0.15, -0.1) is 0 Å². The van der Waals surface area contributed by atoms with Crippen molar-refractivity contribution >= 4 is 5.69 Å². The van der Waals surface area contributed by atoms with Gasteiger partial charge in [-0.05, 0) is 38.0 Å². The minimum Gasteiger partial charge on any atom is -0.369 e. The van der Waals surface area contributed by atoms with Crippen LogP contribution in [-0.2, 0) is 0 Å². The summed E-state index contributed by atoms with van der Waals surface area (Å²) >= 11 is 0. The molecule has 92 valence electrons. The maximum atomic E-state index is 8.95. The second-order valence-corrected chi connectivity index (χ2v) is 4.47. The van der Waals surface area contributed by atoms with E-state index in [9.17, 15) is 0 Å². The standard InChI is InChI=1S/C15H22N2/c1-4-6-10-17(13(3)5-2)15-9-7-8-14(11-15)12-16/h7-9,11,13H,4-6,10H2,1-3H3. The molecule has 0 radical (unpaired) electrons. The fourth-order valence-electron chi connectivity index (χ4n) is 1.91. The molecule has 1 unspecified atom stereocenters. The van der Waals surface area contributed by atoms with Crippen LogP contribution in [0.3, 0.4) is 0 Å². The van der Waals surface area contributed by atoms with Crippen molar-refractivity contribution in [3.8, 4) is 6.07 Å². The molecule has 1 aromatic carbocycles. The van der Waals surface area contributed by atoms with Gasteiger partial charge in [0.15, 0.2) is 0 Å². The first-order chi connectivity index (χ1) is 8.22. The topological polar surface area (TPSA) is 27.0 Å². The summed E-state index contributed by atoms with van der Waals surface area (Å²) in [5.41, 5.74) is 1.92. The third-order valence-corrected chi connectivity index (χ3v) is 3.18. The van der Waals surface area contributed by atoms with Crippen LogP contribution in [0.1, 0.15) is 45.6 Å². The minimum absolute atomic E-state index is 0.524. The van der Waals surface area contributed by atoms with Gasteiger partial charge in [-0.3, -0.25) is 0 Å². The highest BCUT2D eigenvalue weighted by molar-refractivity contribution is 5.52. The number of benzene rings is 1. The summed E-state index contributed by atoms with van der Waals surface area (Å²) in [5.74, 6) is 0. The average molecular weight is 230 g/mol. The number of nitriles is 1. The second kappa shape index (κ2) is 6.96. The molecule has 0 aromatic heterocycles. The molecule has 0 saturated carbocycles. The first-order valence-corrected chi connectivity index (χ1v) is 6.49. The number of hydrogen-bond acceptors (Lipinski definition) is 2. The maximum absolute atomic E-state index is 8.95. The number of rotatable bonds is 6. The third-order valence-electron chi connectivity index (χ3n) is 3.18. The molecule has 0 spiro atoms. The molecule has 0 bridgehead atoms. The van der Waals surface area contributed by atoms with E-state index in [1.807, 2.05) is 18.2 Å². The quantitative estimate of drug-likeness (QED) is 0.739. The van der Waals surface area contributed by atoms with E-state index in [2.05, 4.69) is 37.8 Å². The van der Waals surface area contributed by atoms with Gasteiger partial charge < -0.3 is 4.90 Å². The molecular formula is C15H22N2. The molecule has 1 atom stereocenters. The van der Waals surface area contributed by atoms with Crippen molar-refractivity contribution in [3.05, 3.63) is 29.8 Å². The molecule has 17 heavy (non-hydrogen) atoms. The van der Waals surface area contributed by atoms with Crippen LogP contribution in [-0.4, -0.2) is 12.6 Å². The van der Waals surface area contributed by atoms with Gasteiger partial charge in [-0.25, -0.2) is 0 Å². The third kappa shape index (κ3) is 3.78. The largest absolute Gasteiger partial charge is 0.369 e. The zero-order valence-electron chi connectivity index (χ0n) is 11.1. The monoisotopic (exact) mass is 230 g/mol. The fourth-order valence-corrected chi connectivity index (χ4v) is 1.91. The molecule has 0 N–H and O–H groups in total. The molecule has 1 rings (SSSR count). The summed E-state index contributed by atoms with van der Waals surface area (Å²) in [7, 11) is 0. The molecule has 0 saturated heterocycles. The van der Waals surface area contributed by atoms with Crippen LogP contribution in [0.4, 0.5) is 5.69 Å². The number of nitrogens with zero attached hydrogens (tertiary/aromatic N) is 2. The van der Waals surface area contributed by atoms with Crippen LogP contribution in [0, 0.1) is 11.3 Å². The lowest BCUT2D eigenvalue weighted by molar-refractivity contribution is 0.596. The number of hydrogen-bond donors (Lipinski definition) is 0. The van der Waals surface area contributed by atoms with E-state index in [1.54, 1.807) is 0 Å². The maximum Gasteiger partial charge on any atom is 0.0992 e. The lowest BCUT2D eigenvalue weighted by Gasteiger charge is -2.31. The normalized spacial score (nSPS) is 11.9. The van der Waals surface area contributed by atoms with E-state index in [4.69, 9.17) is 5.26 Å². The highest BCUT2D eigenvalue weighted by Gasteiger charge is 2.12. The lowest BCUT2D eigenvalue weighted by atomic mass is 10.1. The predicted octanol–water partition coefficient (Wildman–Crippen LogP) is 3.96. The van der Waals surface area contributed by atoms with Crippen LogP contribution in [0.5, 0.6) is 0 Å². The second-order valence-electron chi connectivity index (χ2n) is 4.47. The van der Waals surface area contributed by atoms with E-state index >= 15 is 0 Å². The molecule has 2 nitrogen and oxygen atoms in total. The Balaban J connectivity index is 2.91. The zero-order valence-corrected chi connectivity index (χ0v) is 11.1.